The highest BCUT2D eigenvalue weighted by Gasteiger charge is 2.47. The number of aromatic nitrogens is 2. The van der Waals surface area contributed by atoms with E-state index in [9.17, 15) is 9.59 Å². The number of carbonyl (C=O) groups is 2. The number of primary amides is 1. The van der Waals surface area contributed by atoms with Crippen molar-refractivity contribution < 1.29 is 19.1 Å². The minimum Gasteiger partial charge on any atom is -0.497 e. The maximum Gasteiger partial charge on any atom is 0.248 e. The van der Waals surface area contributed by atoms with Gasteiger partial charge in [0, 0.05) is 38.3 Å². The van der Waals surface area contributed by atoms with Crippen molar-refractivity contribution in [2.24, 2.45) is 5.73 Å². The highest BCUT2D eigenvalue weighted by Crippen LogP contribution is 2.40. The Morgan fingerprint density at radius 1 is 1.29 bits per heavy atom. The molecule has 0 radical (unpaired) electrons. The van der Waals surface area contributed by atoms with Crippen molar-refractivity contribution in [3.05, 3.63) is 48.0 Å². The molecule has 1 atom stereocenters. The third kappa shape index (κ3) is 3.35. The van der Waals surface area contributed by atoms with Gasteiger partial charge in [0.05, 0.1) is 20.1 Å². The van der Waals surface area contributed by atoms with Gasteiger partial charge >= 0.3 is 0 Å². The summed E-state index contributed by atoms with van der Waals surface area (Å²) < 4.78 is 13.2. The van der Waals surface area contributed by atoms with Crippen LogP contribution < -0.4 is 10.5 Å². The Kier molecular flexibility index (Phi) is 4.80. The molecule has 2 N–H and O–H groups in total. The van der Waals surface area contributed by atoms with Crippen LogP contribution in [0.1, 0.15) is 24.2 Å². The van der Waals surface area contributed by atoms with Gasteiger partial charge in [0.25, 0.3) is 0 Å². The second-order valence-corrected chi connectivity index (χ2v) is 7.31. The van der Waals surface area contributed by atoms with Crippen molar-refractivity contribution in [1.82, 2.24) is 14.5 Å². The van der Waals surface area contributed by atoms with Crippen LogP contribution in [-0.4, -0.2) is 52.6 Å². The molecule has 2 aliphatic heterocycles. The molecule has 28 heavy (non-hydrogen) atoms. The molecule has 2 aliphatic rings. The zero-order valence-corrected chi connectivity index (χ0v) is 15.8. The Hall–Kier alpha value is -2.87. The third-order valence-electron chi connectivity index (χ3n) is 5.61. The topological polar surface area (TPSA) is 99.7 Å². The molecule has 8 heteroatoms. The van der Waals surface area contributed by atoms with Crippen molar-refractivity contribution in [3.63, 3.8) is 0 Å². The number of amides is 2. The number of imidazole rings is 1. The Morgan fingerprint density at radius 2 is 2.00 bits per heavy atom. The van der Waals surface area contributed by atoms with Crippen LogP contribution in [0, 0.1) is 0 Å². The van der Waals surface area contributed by atoms with Gasteiger partial charge in [-0.25, -0.2) is 4.98 Å². The molecule has 8 nitrogen and oxygen atoms in total. The summed E-state index contributed by atoms with van der Waals surface area (Å²) in [4.78, 5) is 30.7. The molecule has 1 spiro atoms. The number of hydrogen-bond acceptors (Lipinski definition) is 5. The van der Waals surface area contributed by atoms with E-state index in [4.69, 9.17) is 15.2 Å². The van der Waals surface area contributed by atoms with Crippen molar-refractivity contribution in [2.45, 2.75) is 37.5 Å². The predicted octanol–water partition coefficient (Wildman–Crippen LogP) is 0.836. The first-order chi connectivity index (χ1) is 13.5. The summed E-state index contributed by atoms with van der Waals surface area (Å²) >= 11 is 0. The maximum absolute atomic E-state index is 12.7. The van der Waals surface area contributed by atoms with Crippen molar-refractivity contribution in [3.8, 4) is 5.75 Å². The molecule has 0 unspecified atom stereocenters. The minimum atomic E-state index is -0.678. The molecule has 1 aromatic carbocycles. The van der Waals surface area contributed by atoms with E-state index in [0.29, 0.717) is 38.9 Å². The van der Waals surface area contributed by atoms with E-state index in [1.165, 1.54) is 0 Å². The average molecular weight is 384 g/mol. The van der Waals surface area contributed by atoms with Crippen LogP contribution >= 0.6 is 0 Å². The van der Waals surface area contributed by atoms with Gasteiger partial charge in [-0.2, -0.15) is 0 Å². The van der Waals surface area contributed by atoms with E-state index >= 15 is 0 Å². The third-order valence-corrected chi connectivity index (χ3v) is 5.61. The highest BCUT2D eigenvalue weighted by molar-refractivity contribution is 5.79. The van der Waals surface area contributed by atoms with Crippen LogP contribution in [0.25, 0.3) is 0 Å². The molecular formula is C20H24N4O4. The van der Waals surface area contributed by atoms with Gasteiger partial charge in [0.2, 0.25) is 11.8 Å². The monoisotopic (exact) mass is 384 g/mol. The van der Waals surface area contributed by atoms with Crippen molar-refractivity contribution >= 4 is 11.8 Å². The number of rotatable bonds is 4. The normalized spacial score (nSPS) is 20.6. The Balaban J connectivity index is 1.43. The number of likely N-dealkylation sites (tertiary alicyclic amines) is 1. The van der Waals surface area contributed by atoms with E-state index in [2.05, 4.69) is 4.98 Å². The molecule has 2 aromatic rings. The smallest absolute Gasteiger partial charge is 0.248 e. The van der Waals surface area contributed by atoms with Crippen molar-refractivity contribution in [1.29, 1.82) is 0 Å². The summed E-state index contributed by atoms with van der Waals surface area (Å²) in [6.07, 6.45) is 4.39. The zero-order valence-electron chi connectivity index (χ0n) is 15.8. The highest BCUT2D eigenvalue weighted by atomic mass is 16.5. The average Bonchev–Trinajstić information content (AvgIpc) is 3.19. The molecular weight excluding hydrogens is 360 g/mol. The first-order valence-corrected chi connectivity index (χ1v) is 9.40. The lowest BCUT2D eigenvalue weighted by atomic mass is 9.88. The van der Waals surface area contributed by atoms with Gasteiger partial charge in [-0.3, -0.25) is 9.59 Å². The minimum absolute atomic E-state index is 0.0746. The number of benzene rings is 1. The second kappa shape index (κ2) is 7.27. The fourth-order valence-electron chi connectivity index (χ4n) is 4.03. The van der Waals surface area contributed by atoms with Crippen LogP contribution in [0.4, 0.5) is 0 Å². The van der Waals surface area contributed by atoms with Gasteiger partial charge in [-0.05, 0) is 17.7 Å². The van der Waals surface area contributed by atoms with Gasteiger partial charge in [0.15, 0.2) is 6.10 Å². The number of methoxy groups -OCH3 is 1. The fraction of sp³-hybridized carbons (Fsp3) is 0.450. The predicted molar refractivity (Wildman–Crippen MR) is 100 cm³/mol. The molecule has 1 saturated heterocycles. The van der Waals surface area contributed by atoms with Gasteiger partial charge in [-0.15, -0.1) is 0 Å². The molecule has 4 rings (SSSR count). The van der Waals surface area contributed by atoms with Crippen LogP contribution in [0.5, 0.6) is 5.75 Å². The van der Waals surface area contributed by atoms with Gasteiger partial charge in [0.1, 0.15) is 17.2 Å². The SMILES string of the molecule is COc1ccc(CC(=O)N2CCC3(CC2)O[C@H](C(N)=O)Cn2ccnc23)cc1. The molecule has 1 fully saturated rings. The number of nitrogens with two attached hydrogens (primary N) is 1. The van der Waals surface area contributed by atoms with Crippen LogP contribution in [0.2, 0.25) is 0 Å². The van der Waals surface area contributed by atoms with Crippen LogP contribution in [0.15, 0.2) is 36.7 Å². The number of nitrogens with zero attached hydrogens (tertiary/aromatic N) is 3. The second-order valence-electron chi connectivity index (χ2n) is 7.31. The molecule has 3 heterocycles. The van der Waals surface area contributed by atoms with Gasteiger partial charge < -0.3 is 24.7 Å². The lowest BCUT2D eigenvalue weighted by Crippen LogP contribution is -2.54. The zero-order chi connectivity index (χ0) is 19.7. The van der Waals surface area contributed by atoms with E-state index in [0.717, 1.165) is 17.1 Å². The van der Waals surface area contributed by atoms with E-state index in [1.807, 2.05) is 39.9 Å². The first-order valence-electron chi connectivity index (χ1n) is 9.40. The van der Waals surface area contributed by atoms with E-state index in [-0.39, 0.29) is 5.91 Å². The lowest BCUT2D eigenvalue weighted by Gasteiger charge is -2.45. The van der Waals surface area contributed by atoms with Gasteiger partial charge in [-0.1, -0.05) is 12.1 Å². The number of ether oxygens (including phenoxy) is 2. The molecule has 0 bridgehead atoms. The maximum atomic E-state index is 12.7. The molecule has 0 aliphatic carbocycles. The Bertz CT molecular complexity index is 869. The molecule has 148 valence electrons. The van der Waals surface area contributed by atoms with Crippen LogP contribution in [0.3, 0.4) is 0 Å². The Labute approximate surface area is 163 Å². The van der Waals surface area contributed by atoms with E-state index in [1.54, 1.807) is 13.3 Å². The lowest BCUT2D eigenvalue weighted by molar-refractivity contribution is -0.173. The molecule has 1 aromatic heterocycles. The number of hydrogen-bond donors (Lipinski definition) is 1. The number of carbonyl (C=O) groups excluding carboxylic acids is 2. The molecule has 0 saturated carbocycles. The summed E-state index contributed by atoms with van der Waals surface area (Å²) in [6.45, 7) is 1.48. The number of fused-ring (bicyclic) bond motifs is 2. The standard InChI is InChI=1S/C20H24N4O4/c1-27-15-4-2-14(3-5-15)12-17(25)23-9-6-20(7-10-23)19-22-8-11-24(19)13-16(28-20)18(21)26/h2-5,8,11,16H,6-7,9-10,12-13H2,1H3,(H2,21,26)/t16-/m0/s1. The quantitative estimate of drug-likeness (QED) is 0.842. The first kappa shape index (κ1) is 18.5. The largest absolute Gasteiger partial charge is 0.497 e. The molecule has 2 amide bonds. The summed E-state index contributed by atoms with van der Waals surface area (Å²) in [5, 5.41) is 0. The summed E-state index contributed by atoms with van der Waals surface area (Å²) in [5.41, 5.74) is 5.77. The summed E-state index contributed by atoms with van der Waals surface area (Å²) in [5.74, 6) is 1.18. The summed E-state index contributed by atoms with van der Waals surface area (Å²) in [6, 6.07) is 7.52. The summed E-state index contributed by atoms with van der Waals surface area (Å²) in [7, 11) is 1.62. The van der Waals surface area contributed by atoms with Crippen LogP contribution in [-0.2, 0) is 32.9 Å². The van der Waals surface area contributed by atoms with E-state index < -0.39 is 17.6 Å². The Morgan fingerprint density at radius 3 is 2.64 bits per heavy atom. The fourth-order valence-corrected chi connectivity index (χ4v) is 4.03. The number of piperidine rings is 1. The van der Waals surface area contributed by atoms with Crippen molar-refractivity contribution in [2.75, 3.05) is 20.2 Å².